The molecule has 0 saturated heterocycles. The number of hydrogen-bond acceptors (Lipinski definition) is 3. The number of nitrogens with one attached hydrogen (secondary N) is 1. The number of carbonyl (C=O) groups excluding carboxylic acids is 1. The summed E-state index contributed by atoms with van der Waals surface area (Å²) in [4.78, 5) is 23.8. The average molecular weight is 262 g/mol. The Morgan fingerprint density at radius 3 is 2.33 bits per heavy atom. The summed E-state index contributed by atoms with van der Waals surface area (Å²) in [5.41, 5.74) is 2.55. The van der Waals surface area contributed by atoms with Gasteiger partial charge in [-0.1, -0.05) is 29.0 Å². The molecule has 0 aliphatic heterocycles. The van der Waals surface area contributed by atoms with Gasteiger partial charge in [0.15, 0.2) is 0 Å². The topological polar surface area (TPSA) is 51.1 Å². The van der Waals surface area contributed by atoms with Gasteiger partial charge in [-0.25, -0.2) is 0 Å². The lowest BCUT2D eigenvalue weighted by Gasteiger charge is -2.04. The molecular weight excluding hydrogens is 248 g/mol. The highest BCUT2D eigenvalue weighted by atomic mass is 32.1. The van der Waals surface area contributed by atoms with Crippen molar-refractivity contribution in [3.05, 3.63) is 50.1 Å². The Bertz CT molecular complexity index is 638. The molecule has 0 aliphatic rings. The zero-order chi connectivity index (χ0) is 13.3. The standard InChI is InChI=1S/C13H14N2O2S/c1-8-4-6-10(7-5-8)14-12(16)11-9(2)15(3)13(17)18-11/h4-7H,1-3H3,(H,14,16). The molecule has 0 saturated carbocycles. The third-order valence-electron chi connectivity index (χ3n) is 2.81. The van der Waals surface area contributed by atoms with E-state index in [1.807, 2.05) is 31.2 Å². The molecule has 0 bridgehead atoms. The highest BCUT2D eigenvalue weighted by Crippen LogP contribution is 2.15. The van der Waals surface area contributed by atoms with Crippen LogP contribution in [0.5, 0.6) is 0 Å². The van der Waals surface area contributed by atoms with E-state index < -0.39 is 0 Å². The van der Waals surface area contributed by atoms with Crippen molar-refractivity contribution in [1.82, 2.24) is 4.57 Å². The summed E-state index contributed by atoms with van der Waals surface area (Å²) in [5.74, 6) is -0.237. The molecule has 1 heterocycles. The molecule has 1 aromatic carbocycles. The molecule has 5 heteroatoms. The summed E-state index contributed by atoms with van der Waals surface area (Å²) in [6, 6.07) is 7.54. The van der Waals surface area contributed by atoms with Crippen molar-refractivity contribution >= 4 is 22.9 Å². The van der Waals surface area contributed by atoms with Gasteiger partial charge >= 0.3 is 4.87 Å². The number of benzene rings is 1. The summed E-state index contributed by atoms with van der Waals surface area (Å²) in [7, 11) is 1.66. The van der Waals surface area contributed by atoms with E-state index >= 15 is 0 Å². The van der Waals surface area contributed by atoms with Gasteiger partial charge in [0.2, 0.25) is 0 Å². The maximum absolute atomic E-state index is 12.0. The van der Waals surface area contributed by atoms with Gasteiger partial charge in [0.05, 0.1) is 0 Å². The first-order valence-corrected chi connectivity index (χ1v) is 6.35. The minimum absolute atomic E-state index is 0.124. The Labute approximate surface area is 109 Å². The number of aromatic nitrogens is 1. The number of nitrogens with zero attached hydrogens (tertiary/aromatic N) is 1. The first kappa shape index (κ1) is 12.6. The minimum Gasteiger partial charge on any atom is -0.321 e. The van der Waals surface area contributed by atoms with Crippen molar-refractivity contribution < 1.29 is 4.79 Å². The number of anilines is 1. The molecule has 18 heavy (non-hydrogen) atoms. The molecule has 0 unspecified atom stereocenters. The molecule has 94 valence electrons. The van der Waals surface area contributed by atoms with Crippen molar-refractivity contribution in [2.45, 2.75) is 13.8 Å². The van der Waals surface area contributed by atoms with Crippen LogP contribution >= 0.6 is 11.3 Å². The largest absolute Gasteiger partial charge is 0.321 e. The SMILES string of the molecule is Cc1ccc(NC(=O)c2sc(=O)n(C)c2C)cc1. The lowest BCUT2D eigenvalue weighted by molar-refractivity contribution is 0.102. The minimum atomic E-state index is -0.237. The van der Waals surface area contributed by atoms with E-state index in [0.717, 1.165) is 22.6 Å². The fourth-order valence-electron chi connectivity index (χ4n) is 1.55. The van der Waals surface area contributed by atoms with Gasteiger partial charge in [0, 0.05) is 18.4 Å². The molecule has 0 aliphatic carbocycles. The third-order valence-corrected chi connectivity index (χ3v) is 3.94. The molecular formula is C13H14N2O2S. The smallest absolute Gasteiger partial charge is 0.307 e. The molecule has 0 atom stereocenters. The van der Waals surface area contributed by atoms with Crippen LogP contribution < -0.4 is 10.2 Å². The highest BCUT2D eigenvalue weighted by molar-refractivity contribution is 7.11. The van der Waals surface area contributed by atoms with E-state index in [1.165, 1.54) is 4.57 Å². The zero-order valence-corrected chi connectivity index (χ0v) is 11.3. The fraction of sp³-hybridized carbons (Fsp3) is 0.231. The summed E-state index contributed by atoms with van der Waals surface area (Å²) in [6.07, 6.45) is 0. The average Bonchev–Trinajstić information content (AvgIpc) is 2.60. The van der Waals surface area contributed by atoms with E-state index in [4.69, 9.17) is 0 Å². The summed E-state index contributed by atoms with van der Waals surface area (Å²) < 4.78 is 1.48. The van der Waals surface area contributed by atoms with Crippen LogP contribution in [0.25, 0.3) is 0 Å². The van der Waals surface area contributed by atoms with Gasteiger partial charge < -0.3 is 9.88 Å². The molecule has 4 nitrogen and oxygen atoms in total. The van der Waals surface area contributed by atoms with Crippen LogP contribution in [0.4, 0.5) is 5.69 Å². The van der Waals surface area contributed by atoms with Crippen LogP contribution in [0.2, 0.25) is 0 Å². The second-order valence-electron chi connectivity index (χ2n) is 4.16. The lowest BCUT2D eigenvalue weighted by Crippen LogP contribution is -2.12. The third kappa shape index (κ3) is 2.36. The van der Waals surface area contributed by atoms with Crippen molar-refractivity contribution in [1.29, 1.82) is 0 Å². The second-order valence-corrected chi connectivity index (χ2v) is 5.12. The van der Waals surface area contributed by atoms with E-state index in [9.17, 15) is 9.59 Å². The highest BCUT2D eigenvalue weighted by Gasteiger charge is 2.15. The summed E-state index contributed by atoms with van der Waals surface area (Å²) >= 11 is 0.967. The molecule has 0 spiro atoms. The Kier molecular flexibility index (Phi) is 3.34. The van der Waals surface area contributed by atoms with Crippen LogP contribution in [0.1, 0.15) is 20.9 Å². The second kappa shape index (κ2) is 4.78. The maximum atomic E-state index is 12.0. The first-order valence-electron chi connectivity index (χ1n) is 5.53. The predicted molar refractivity (Wildman–Crippen MR) is 73.4 cm³/mol. The van der Waals surface area contributed by atoms with Gasteiger partial charge in [-0.05, 0) is 26.0 Å². The van der Waals surface area contributed by atoms with Crippen molar-refractivity contribution in [3.63, 3.8) is 0 Å². The Balaban J connectivity index is 2.24. The Morgan fingerprint density at radius 1 is 1.22 bits per heavy atom. The number of hydrogen-bond donors (Lipinski definition) is 1. The Hall–Kier alpha value is -1.88. The van der Waals surface area contributed by atoms with E-state index in [1.54, 1.807) is 14.0 Å². The van der Waals surface area contributed by atoms with Gasteiger partial charge in [0.1, 0.15) is 4.88 Å². The van der Waals surface area contributed by atoms with Crippen LogP contribution in [0.3, 0.4) is 0 Å². The number of carbonyl (C=O) groups is 1. The molecule has 0 radical (unpaired) electrons. The molecule has 2 rings (SSSR count). The molecule has 1 N–H and O–H groups in total. The van der Waals surface area contributed by atoms with E-state index in [-0.39, 0.29) is 10.8 Å². The van der Waals surface area contributed by atoms with Crippen molar-refractivity contribution in [2.24, 2.45) is 7.05 Å². The van der Waals surface area contributed by atoms with Crippen LogP contribution in [-0.2, 0) is 7.05 Å². The number of amides is 1. The normalized spacial score (nSPS) is 10.4. The van der Waals surface area contributed by atoms with Crippen LogP contribution in [0.15, 0.2) is 29.1 Å². The molecule has 0 fully saturated rings. The predicted octanol–water partition coefficient (Wildman–Crippen LogP) is 2.32. The van der Waals surface area contributed by atoms with Crippen molar-refractivity contribution in [3.8, 4) is 0 Å². The van der Waals surface area contributed by atoms with Crippen LogP contribution in [0, 0.1) is 13.8 Å². The van der Waals surface area contributed by atoms with Crippen molar-refractivity contribution in [2.75, 3.05) is 5.32 Å². The van der Waals surface area contributed by atoms with Crippen LogP contribution in [-0.4, -0.2) is 10.5 Å². The van der Waals surface area contributed by atoms with Gasteiger partial charge in [-0.15, -0.1) is 0 Å². The maximum Gasteiger partial charge on any atom is 0.307 e. The zero-order valence-electron chi connectivity index (χ0n) is 10.5. The number of rotatable bonds is 2. The van der Waals surface area contributed by atoms with E-state index in [0.29, 0.717) is 10.6 Å². The monoisotopic (exact) mass is 262 g/mol. The summed E-state index contributed by atoms with van der Waals surface area (Å²) in [6.45, 7) is 3.75. The van der Waals surface area contributed by atoms with Gasteiger partial charge in [-0.3, -0.25) is 9.59 Å². The first-order chi connectivity index (χ1) is 8.49. The van der Waals surface area contributed by atoms with E-state index in [2.05, 4.69) is 5.32 Å². The molecule has 2 aromatic rings. The molecule has 1 amide bonds. The summed E-state index contributed by atoms with van der Waals surface area (Å²) in [5, 5.41) is 2.79. The fourth-order valence-corrected chi connectivity index (χ4v) is 2.43. The molecule has 1 aromatic heterocycles. The quantitative estimate of drug-likeness (QED) is 0.903. The van der Waals surface area contributed by atoms with Gasteiger partial charge in [-0.2, -0.15) is 0 Å². The number of thiazole rings is 1. The number of aryl methyl sites for hydroxylation is 1. The van der Waals surface area contributed by atoms with Gasteiger partial charge in [0.25, 0.3) is 5.91 Å². The Morgan fingerprint density at radius 2 is 1.83 bits per heavy atom. The lowest BCUT2D eigenvalue weighted by atomic mass is 10.2.